The van der Waals surface area contributed by atoms with Crippen molar-refractivity contribution in [2.45, 2.75) is 17.6 Å². The van der Waals surface area contributed by atoms with E-state index in [9.17, 15) is 12.8 Å². The summed E-state index contributed by atoms with van der Waals surface area (Å²) in [6, 6.07) is 19.9. The highest BCUT2D eigenvalue weighted by atomic mass is 32.2. The lowest BCUT2D eigenvalue weighted by Gasteiger charge is -2.12. The molecular weight excluding hydrogens is 465 g/mol. The molecule has 0 saturated carbocycles. The number of aryl methyl sites for hydroxylation is 1. The fourth-order valence-electron chi connectivity index (χ4n) is 3.85. The Bertz CT molecular complexity index is 1620. The van der Waals surface area contributed by atoms with E-state index >= 15 is 0 Å². The van der Waals surface area contributed by atoms with E-state index in [0.717, 1.165) is 27.6 Å². The van der Waals surface area contributed by atoms with Crippen LogP contribution in [0.2, 0.25) is 0 Å². The first-order valence-corrected chi connectivity index (χ1v) is 12.5. The van der Waals surface area contributed by atoms with Gasteiger partial charge in [0.2, 0.25) is 0 Å². The van der Waals surface area contributed by atoms with E-state index in [2.05, 4.69) is 15.0 Å². The second kappa shape index (κ2) is 9.23. The number of nitrogens with zero attached hydrogens (tertiary/aromatic N) is 3. The largest absolute Gasteiger partial charge is 0.457 e. The molecule has 5 rings (SSSR count). The molecule has 35 heavy (non-hydrogen) atoms. The second-order valence-corrected chi connectivity index (χ2v) is 10.0. The van der Waals surface area contributed by atoms with Gasteiger partial charge < -0.3 is 4.74 Å². The highest BCUT2D eigenvalue weighted by molar-refractivity contribution is 7.90. The minimum Gasteiger partial charge on any atom is -0.457 e. The summed E-state index contributed by atoms with van der Waals surface area (Å²) in [7, 11) is -3.58. The molecule has 8 heteroatoms. The first-order chi connectivity index (χ1) is 16.9. The Labute approximate surface area is 202 Å². The summed E-state index contributed by atoms with van der Waals surface area (Å²) in [5.41, 5.74) is 3.02. The fraction of sp³-hybridized carbons (Fsp3) is 0.0741. The van der Waals surface area contributed by atoms with E-state index in [1.807, 2.05) is 25.1 Å². The summed E-state index contributed by atoms with van der Waals surface area (Å²) in [6.45, 7) is 1.95. The highest BCUT2D eigenvalue weighted by Crippen LogP contribution is 2.33. The van der Waals surface area contributed by atoms with E-state index in [1.54, 1.807) is 48.7 Å². The second-order valence-electron chi connectivity index (χ2n) is 8.04. The average Bonchev–Trinajstić information content (AvgIpc) is 2.85. The van der Waals surface area contributed by atoms with Crippen LogP contribution in [0.4, 0.5) is 4.39 Å². The van der Waals surface area contributed by atoms with Crippen molar-refractivity contribution in [3.63, 3.8) is 0 Å². The van der Waals surface area contributed by atoms with Crippen LogP contribution in [0.3, 0.4) is 0 Å². The number of rotatable bonds is 6. The molecule has 0 atom stereocenters. The standard InChI is InChI=1S/C27H20FN3O3S/c1-18-14-23(34-22-4-2-20(28)3-5-22)6-8-25(18)27-26-9-7-24(15-19(26)10-13-30-27)35(32,33)16-21-11-12-29-17-31-21/h2-15,17H,16H2,1H3. The number of hydrogen-bond donors (Lipinski definition) is 0. The Balaban J connectivity index is 1.46. The summed E-state index contributed by atoms with van der Waals surface area (Å²) >= 11 is 0. The third-order valence-electron chi connectivity index (χ3n) is 5.58. The normalized spacial score (nSPS) is 11.5. The van der Waals surface area contributed by atoms with Crippen molar-refractivity contribution in [2.24, 2.45) is 0 Å². The quantitative estimate of drug-likeness (QED) is 0.298. The van der Waals surface area contributed by atoms with Crippen molar-refractivity contribution in [1.29, 1.82) is 0 Å². The van der Waals surface area contributed by atoms with Crippen molar-refractivity contribution in [3.05, 3.63) is 109 Å². The van der Waals surface area contributed by atoms with Crippen molar-refractivity contribution in [3.8, 4) is 22.8 Å². The van der Waals surface area contributed by atoms with Crippen LogP contribution < -0.4 is 4.74 Å². The minimum atomic E-state index is -3.58. The molecular formula is C27H20FN3O3S. The molecule has 3 aromatic carbocycles. The highest BCUT2D eigenvalue weighted by Gasteiger charge is 2.18. The number of benzene rings is 3. The Morgan fingerprint density at radius 3 is 2.40 bits per heavy atom. The molecule has 174 valence electrons. The van der Waals surface area contributed by atoms with Crippen LogP contribution in [0.15, 0.2) is 96.4 Å². The molecule has 0 bridgehead atoms. The molecule has 5 aromatic rings. The van der Waals surface area contributed by atoms with Crippen molar-refractivity contribution < 1.29 is 17.5 Å². The molecule has 2 heterocycles. The fourth-order valence-corrected chi connectivity index (χ4v) is 5.16. The third kappa shape index (κ3) is 4.88. The van der Waals surface area contributed by atoms with Gasteiger partial charge in [0.05, 0.1) is 22.0 Å². The van der Waals surface area contributed by atoms with E-state index < -0.39 is 9.84 Å². The Morgan fingerprint density at radius 1 is 0.857 bits per heavy atom. The van der Waals surface area contributed by atoms with Gasteiger partial charge in [-0.2, -0.15) is 0 Å². The molecule has 0 aliphatic rings. The summed E-state index contributed by atoms with van der Waals surface area (Å²) in [5, 5.41) is 1.61. The molecule has 0 unspecified atom stereocenters. The van der Waals surface area contributed by atoms with Gasteiger partial charge in [0.1, 0.15) is 23.6 Å². The van der Waals surface area contributed by atoms with Crippen LogP contribution >= 0.6 is 0 Å². The van der Waals surface area contributed by atoms with Crippen LogP contribution in [0.5, 0.6) is 11.5 Å². The SMILES string of the molecule is Cc1cc(Oc2ccc(F)cc2)ccc1-c1nccc2cc(S(=O)(=O)Cc3ccncn3)ccc12. The minimum absolute atomic E-state index is 0.201. The summed E-state index contributed by atoms with van der Waals surface area (Å²) < 4.78 is 44.9. The number of halogens is 1. The smallest absolute Gasteiger partial charge is 0.184 e. The van der Waals surface area contributed by atoms with Gasteiger partial charge in [0, 0.05) is 23.3 Å². The van der Waals surface area contributed by atoms with Crippen LogP contribution in [0.1, 0.15) is 11.3 Å². The molecule has 0 N–H and O–H groups in total. The number of ether oxygens (including phenoxy) is 1. The lowest BCUT2D eigenvalue weighted by molar-refractivity contribution is 0.480. The molecule has 0 fully saturated rings. The van der Waals surface area contributed by atoms with Crippen LogP contribution in [-0.4, -0.2) is 23.4 Å². The van der Waals surface area contributed by atoms with E-state index in [0.29, 0.717) is 17.2 Å². The van der Waals surface area contributed by atoms with Crippen molar-refractivity contribution in [2.75, 3.05) is 0 Å². The number of fused-ring (bicyclic) bond motifs is 1. The monoisotopic (exact) mass is 485 g/mol. The van der Waals surface area contributed by atoms with Gasteiger partial charge in [-0.1, -0.05) is 6.07 Å². The van der Waals surface area contributed by atoms with E-state index in [-0.39, 0.29) is 16.5 Å². The molecule has 0 amide bonds. The molecule has 0 spiro atoms. The summed E-state index contributed by atoms with van der Waals surface area (Å²) in [5.74, 6) is 0.637. The van der Waals surface area contributed by atoms with Crippen molar-refractivity contribution >= 4 is 20.6 Å². The Morgan fingerprint density at radius 2 is 1.66 bits per heavy atom. The number of hydrogen-bond acceptors (Lipinski definition) is 6. The predicted octanol–water partition coefficient (Wildman–Crippen LogP) is 5.91. The number of aromatic nitrogens is 3. The van der Waals surface area contributed by atoms with Gasteiger partial charge in [0.15, 0.2) is 9.84 Å². The Hall–Kier alpha value is -4.17. The summed E-state index contributed by atoms with van der Waals surface area (Å²) in [4.78, 5) is 12.6. The maximum absolute atomic E-state index is 13.1. The van der Waals surface area contributed by atoms with Crippen LogP contribution in [0.25, 0.3) is 22.0 Å². The summed E-state index contributed by atoms with van der Waals surface area (Å²) in [6.07, 6.45) is 4.52. The molecule has 0 aliphatic carbocycles. The average molecular weight is 486 g/mol. The number of sulfone groups is 1. The molecule has 2 aromatic heterocycles. The lowest BCUT2D eigenvalue weighted by atomic mass is 10.00. The molecule has 6 nitrogen and oxygen atoms in total. The first-order valence-electron chi connectivity index (χ1n) is 10.8. The van der Waals surface area contributed by atoms with Gasteiger partial charge in [-0.15, -0.1) is 0 Å². The van der Waals surface area contributed by atoms with E-state index in [1.165, 1.54) is 24.7 Å². The maximum Gasteiger partial charge on any atom is 0.184 e. The first kappa shape index (κ1) is 22.6. The molecule has 0 radical (unpaired) electrons. The third-order valence-corrected chi connectivity index (χ3v) is 7.23. The Kier molecular flexibility index (Phi) is 5.96. The van der Waals surface area contributed by atoms with Gasteiger partial charge in [0.25, 0.3) is 0 Å². The van der Waals surface area contributed by atoms with Gasteiger partial charge in [-0.3, -0.25) is 4.98 Å². The zero-order valence-corrected chi connectivity index (χ0v) is 19.5. The molecule has 0 aliphatic heterocycles. The molecule has 0 saturated heterocycles. The van der Waals surface area contributed by atoms with Gasteiger partial charge >= 0.3 is 0 Å². The van der Waals surface area contributed by atoms with Gasteiger partial charge in [-0.05, 0) is 84.6 Å². The van der Waals surface area contributed by atoms with E-state index in [4.69, 9.17) is 4.74 Å². The lowest BCUT2D eigenvalue weighted by Crippen LogP contribution is -2.06. The van der Waals surface area contributed by atoms with Crippen LogP contribution in [-0.2, 0) is 15.6 Å². The topological polar surface area (TPSA) is 82.0 Å². The number of pyridine rings is 1. The predicted molar refractivity (Wildman–Crippen MR) is 131 cm³/mol. The van der Waals surface area contributed by atoms with Crippen LogP contribution in [0, 0.1) is 12.7 Å². The maximum atomic E-state index is 13.1. The zero-order chi connectivity index (χ0) is 24.4. The zero-order valence-electron chi connectivity index (χ0n) is 18.7. The van der Waals surface area contributed by atoms with Crippen molar-refractivity contribution in [1.82, 2.24) is 15.0 Å². The van der Waals surface area contributed by atoms with Gasteiger partial charge in [-0.25, -0.2) is 22.8 Å².